The first-order chi connectivity index (χ1) is 10.6. The summed E-state index contributed by atoms with van der Waals surface area (Å²) in [6, 6.07) is 4.00. The number of nitrogens with zero attached hydrogens (tertiary/aromatic N) is 2. The Kier molecular flexibility index (Phi) is 8.07. The van der Waals surface area contributed by atoms with Crippen molar-refractivity contribution in [1.82, 2.24) is 4.90 Å². The van der Waals surface area contributed by atoms with Gasteiger partial charge in [0, 0.05) is 6.54 Å². The molecule has 0 heterocycles. The van der Waals surface area contributed by atoms with E-state index in [0.29, 0.717) is 19.9 Å². The number of ether oxygens (including phenoxy) is 2. The molecule has 0 saturated carbocycles. The van der Waals surface area contributed by atoms with E-state index in [2.05, 4.69) is 9.99 Å². The van der Waals surface area contributed by atoms with Crippen molar-refractivity contribution in [1.29, 1.82) is 0 Å². The Morgan fingerprint density at radius 2 is 1.86 bits per heavy atom. The SMILES string of the molecule is C/C=C/COc1cc(C)c(OCN(C)C/C=N/OC)c(C)c1. The Labute approximate surface area is 133 Å². The molecule has 0 aromatic heterocycles. The Bertz CT molecular complexity index is 490. The number of oxime groups is 1. The van der Waals surface area contributed by atoms with Gasteiger partial charge in [0.2, 0.25) is 0 Å². The average molecular weight is 306 g/mol. The lowest BCUT2D eigenvalue weighted by Gasteiger charge is -2.18. The highest BCUT2D eigenvalue weighted by Crippen LogP contribution is 2.28. The molecule has 0 saturated heterocycles. The van der Waals surface area contributed by atoms with Crippen LogP contribution in [0.5, 0.6) is 11.5 Å². The smallest absolute Gasteiger partial charge is 0.142 e. The van der Waals surface area contributed by atoms with Crippen LogP contribution in [0.2, 0.25) is 0 Å². The summed E-state index contributed by atoms with van der Waals surface area (Å²) < 4.78 is 11.6. The van der Waals surface area contributed by atoms with Gasteiger partial charge >= 0.3 is 0 Å². The van der Waals surface area contributed by atoms with E-state index < -0.39 is 0 Å². The Balaban J connectivity index is 2.61. The standard InChI is InChI=1S/C17H26N2O3/c1-6-7-10-21-16-11-14(2)17(15(3)12-16)22-13-19(4)9-8-18-20-5/h6-8,11-12H,9-10,13H2,1-5H3/b7-6+,18-8+. The van der Waals surface area contributed by atoms with Gasteiger partial charge < -0.3 is 14.3 Å². The van der Waals surface area contributed by atoms with Crippen LogP contribution in [-0.4, -0.2) is 45.2 Å². The third-order valence-electron chi connectivity index (χ3n) is 3.02. The van der Waals surface area contributed by atoms with Crippen LogP contribution >= 0.6 is 0 Å². The molecule has 0 N–H and O–H groups in total. The minimum atomic E-state index is 0.482. The lowest BCUT2D eigenvalue weighted by molar-refractivity contribution is 0.165. The Morgan fingerprint density at radius 3 is 2.45 bits per heavy atom. The van der Waals surface area contributed by atoms with Crippen LogP contribution < -0.4 is 9.47 Å². The first-order valence-corrected chi connectivity index (χ1v) is 7.30. The molecular formula is C17H26N2O3. The highest BCUT2D eigenvalue weighted by atomic mass is 16.6. The van der Waals surface area contributed by atoms with E-state index in [9.17, 15) is 0 Å². The van der Waals surface area contributed by atoms with Gasteiger partial charge in [0.25, 0.3) is 0 Å². The minimum Gasteiger partial charge on any atom is -0.490 e. The van der Waals surface area contributed by atoms with Gasteiger partial charge in [-0.15, -0.1) is 0 Å². The summed E-state index contributed by atoms with van der Waals surface area (Å²) in [7, 11) is 3.49. The maximum absolute atomic E-state index is 5.89. The summed E-state index contributed by atoms with van der Waals surface area (Å²) in [5, 5.41) is 3.70. The third kappa shape index (κ3) is 6.18. The van der Waals surface area contributed by atoms with Crippen molar-refractivity contribution in [3.05, 3.63) is 35.4 Å². The molecule has 0 unspecified atom stereocenters. The van der Waals surface area contributed by atoms with Crippen LogP contribution in [0.15, 0.2) is 29.4 Å². The molecule has 1 rings (SSSR count). The molecule has 0 aliphatic carbocycles. The fourth-order valence-corrected chi connectivity index (χ4v) is 1.94. The summed E-state index contributed by atoms with van der Waals surface area (Å²) in [4.78, 5) is 6.63. The van der Waals surface area contributed by atoms with Crippen LogP contribution in [0.4, 0.5) is 0 Å². The molecule has 0 radical (unpaired) electrons. The first-order valence-electron chi connectivity index (χ1n) is 7.30. The zero-order chi connectivity index (χ0) is 16.4. The highest BCUT2D eigenvalue weighted by Gasteiger charge is 2.08. The summed E-state index contributed by atoms with van der Waals surface area (Å²) in [6.45, 7) is 7.75. The zero-order valence-corrected chi connectivity index (χ0v) is 14.1. The topological polar surface area (TPSA) is 43.3 Å². The maximum atomic E-state index is 5.89. The molecular weight excluding hydrogens is 280 g/mol. The largest absolute Gasteiger partial charge is 0.490 e. The van der Waals surface area contributed by atoms with Gasteiger partial charge in [-0.25, -0.2) is 0 Å². The van der Waals surface area contributed by atoms with Crippen molar-refractivity contribution >= 4 is 6.21 Å². The molecule has 0 aliphatic rings. The number of benzene rings is 1. The quantitative estimate of drug-likeness (QED) is 0.304. The number of rotatable bonds is 9. The van der Waals surface area contributed by atoms with Crippen LogP contribution in [0.25, 0.3) is 0 Å². The van der Waals surface area contributed by atoms with E-state index in [1.54, 1.807) is 6.21 Å². The van der Waals surface area contributed by atoms with Crippen LogP contribution in [0.1, 0.15) is 18.1 Å². The average Bonchev–Trinajstić information content (AvgIpc) is 2.47. The number of aryl methyl sites for hydroxylation is 2. The van der Waals surface area contributed by atoms with E-state index in [0.717, 1.165) is 22.6 Å². The molecule has 0 bridgehead atoms. The molecule has 5 nitrogen and oxygen atoms in total. The molecule has 122 valence electrons. The second kappa shape index (κ2) is 9.84. The van der Waals surface area contributed by atoms with Gasteiger partial charge in [0.05, 0.1) is 6.21 Å². The molecule has 0 amide bonds. The summed E-state index contributed by atoms with van der Waals surface area (Å²) in [6.07, 6.45) is 5.65. The molecule has 1 aromatic rings. The van der Waals surface area contributed by atoms with Crippen molar-refractivity contribution in [2.75, 3.05) is 34.0 Å². The number of hydrogen-bond acceptors (Lipinski definition) is 5. The van der Waals surface area contributed by atoms with E-state index in [1.165, 1.54) is 7.11 Å². The summed E-state index contributed by atoms with van der Waals surface area (Å²) >= 11 is 0. The van der Waals surface area contributed by atoms with Gasteiger partial charge in [0.15, 0.2) is 0 Å². The van der Waals surface area contributed by atoms with Crippen LogP contribution in [0.3, 0.4) is 0 Å². The lowest BCUT2D eigenvalue weighted by atomic mass is 10.1. The Hall–Kier alpha value is -2.01. The lowest BCUT2D eigenvalue weighted by Crippen LogP contribution is -2.26. The fourth-order valence-electron chi connectivity index (χ4n) is 1.94. The van der Waals surface area contributed by atoms with E-state index in [1.807, 2.05) is 57.0 Å². The number of allylic oxidation sites excluding steroid dienone is 1. The fraction of sp³-hybridized carbons (Fsp3) is 0.471. The predicted molar refractivity (Wildman–Crippen MR) is 89.9 cm³/mol. The van der Waals surface area contributed by atoms with Crippen molar-refractivity contribution in [2.45, 2.75) is 20.8 Å². The molecule has 0 aliphatic heterocycles. The molecule has 5 heteroatoms. The summed E-state index contributed by atoms with van der Waals surface area (Å²) in [5.41, 5.74) is 2.13. The van der Waals surface area contributed by atoms with Gasteiger partial charge in [-0.2, -0.15) is 0 Å². The molecule has 0 atom stereocenters. The first kappa shape index (κ1) is 18.0. The number of hydrogen-bond donors (Lipinski definition) is 0. The zero-order valence-electron chi connectivity index (χ0n) is 14.1. The van der Waals surface area contributed by atoms with Gasteiger partial charge in [-0.05, 0) is 51.1 Å². The van der Waals surface area contributed by atoms with E-state index in [-0.39, 0.29) is 0 Å². The van der Waals surface area contributed by atoms with Crippen LogP contribution in [-0.2, 0) is 4.84 Å². The van der Waals surface area contributed by atoms with Crippen molar-refractivity contribution in [3.63, 3.8) is 0 Å². The molecule has 0 spiro atoms. The van der Waals surface area contributed by atoms with Gasteiger partial charge in [0.1, 0.15) is 31.9 Å². The third-order valence-corrected chi connectivity index (χ3v) is 3.02. The normalized spacial score (nSPS) is 11.5. The van der Waals surface area contributed by atoms with Crippen molar-refractivity contribution < 1.29 is 14.3 Å². The minimum absolute atomic E-state index is 0.482. The van der Waals surface area contributed by atoms with Crippen molar-refractivity contribution in [2.24, 2.45) is 5.16 Å². The van der Waals surface area contributed by atoms with Gasteiger partial charge in [-0.1, -0.05) is 17.3 Å². The van der Waals surface area contributed by atoms with Gasteiger partial charge in [-0.3, -0.25) is 4.90 Å². The highest BCUT2D eigenvalue weighted by molar-refractivity contribution is 5.58. The second-order valence-electron chi connectivity index (χ2n) is 5.05. The maximum Gasteiger partial charge on any atom is 0.142 e. The second-order valence-corrected chi connectivity index (χ2v) is 5.05. The van der Waals surface area contributed by atoms with Crippen LogP contribution in [0, 0.1) is 13.8 Å². The molecule has 0 fully saturated rings. The van der Waals surface area contributed by atoms with E-state index in [4.69, 9.17) is 9.47 Å². The van der Waals surface area contributed by atoms with Crippen molar-refractivity contribution in [3.8, 4) is 11.5 Å². The molecule has 1 aromatic carbocycles. The summed E-state index contributed by atoms with van der Waals surface area (Å²) in [5.74, 6) is 1.76. The predicted octanol–water partition coefficient (Wildman–Crippen LogP) is 3.16. The van der Waals surface area contributed by atoms with E-state index >= 15 is 0 Å². The monoisotopic (exact) mass is 306 g/mol. The Morgan fingerprint density at radius 1 is 1.18 bits per heavy atom. The molecule has 22 heavy (non-hydrogen) atoms.